The Kier molecular flexibility index (Phi) is 2.15. The standard InChI is InChI=1S/C5H10N2O2S/c1-4-3-10-6(2)5(4)7(8)9/h4-5H,3H2,1-2H3. The van der Waals surface area contributed by atoms with Gasteiger partial charge >= 0.3 is 0 Å². The summed E-state index contributed by atoms with van der Waals surface area (Å²) in [6, 6.07) is 0. The molecular weight excluding hydrogens is 152 g/mol. The van der Waals surface area contributed by atoms with E-state index in [1.54, 1.807) is 11.4 Å². The van der Waals surface area contributed by atoms with E-state index in [9.17, 15) is 10.1 Å². The largest absolute Gasteiger partial charge is 0.280 e. The Bertz CT molecular complexity index is 143. The van der Waals surface area contributed by atoms with Crippen LogP contribution in [0, 0.1) is 16.0 Å². The molecule has 0 aromatic rings. The number of rotatable bonds is 1. The molecule has 10 heavy (non-hydrogen) atoms. The molecule has 2 unspecified atom stereocenters. The van der Waals surface area contributed by atoms with E-state index in [1.807, 2.05) is 6.92 Å². The fourth-order valence-corrected chi connectivity index (χ4v) is 2.18. The summed E-state index contributed by atoms with van der Waals surface area (Å²) in [5.41, 5.74) is 0. The lowest BCUT2D eigenvalue weighted by Crippen LogP contribution is -2.33. The Balaban J connectivity index is 2.63. The van der Waals surface area contributed by atoms with E-state index in [1.165, 1.54) is 11.9 Å². The van der Waals surface area contributed by atoms with Crippen molar-refractivity contribution in [1.82, 2.24) is 4.31 Å². The van der Waals surface area contributed by atoms with Crippen molar-refractivity contribution in [3.63, 3.8) is 0 Å². The molecule has 1 aliphatic rings. The van der Waals surface area contributed by atoms with Crippen molar-refractivity contribution >= 4 is 11.9 Å². The zero-order valence-electron chi connectivity index (χ0n) is 5.98. The normalized spacial score (nSPS) is 34.6. The van der Waals surface area contributed by atoms with Crippen molar-refractivity contribution in [3.8, 4) is 0 Å². The number of hydrogen-bond donors (Lipinski definition) is 0. The zero-order chi connectivity index (χ0) is 7.72. The topological polar surface area (TPSA) is 46.4 Å². The lowest BCUT2D eigenvalue weighted by Gasteiger charge is -2.11. The van der Waals surface area contributed by atoms with Crippen molar-refractivity contribution in [1.29, 1.82) is 0 Å². The van der Waals surface area contributed by atoms with Gasteiger partial charge in [0.2, 0.25) is 0 Å². The molecule has 0 radical (unpaired) electrons. The number of nitrogens with zero attached hydrogens (tertiary/aromatic N) is 2. The van der Waals surface area contributed by atoms with Gasteiger partial charge in [0.25, 0.3) is 6.17 Å². The molecular formula is C5H10N2O2S. The Morgan fingerprint density at radius 2 is 2.40 bits per heavy atom. The second-order valence-electron chi connectivity index (χ2n) is 2.52. The van der Waals surface area contributed by atoms with Crippen LogP contribution in [0.2, 0.25) is 0 Å². The average molecular weight is 162 g/mol. The predicted molar refractivity (Wildman–Crippen MR) is 40.2 cm³/mol. The molecule has 0 aromatic heterocycles. The molecule has 1 fully saturated rings. The summed E-state index contributed by atoms with van der Waals surface area (Å²) in [7, 11) is 1.77. The van der Waals surface area contributed by atoms with Crippen molar-refractivity contribution in [2.75, 3.05) is 12.8 Å². The first kappa shape index (κ1) is 7.81. The highest BCUT2D eigenvalue weighted by atomic mass is 32.2. The van der Waals surface area contributed by atoms with Gasteiger partial charge in [-0.05, 0) is 0 Å². The quantitative estimate of drug-likeness (QED) is 0.325. The second kappa shape index (κ2) is 2.75. The molecule has 1 heterocycles. The Labute approximate surface area is 63.9 Å². The summed E-state index contributed by atoms with van der Waals surface area (Å²) < 4.78 is 1.71. The van der Waals surface area contributed by atoms with E-state index < -0.39 is 6.17 Å². The van der Waals surface area contributed by atoms with Gasteiger partial charge in [0.1, 0.15) is 0 Å². The van der Waals surface area contributed by atoms with Gasteiger partial charge in [-0.15, -0.1) is 0 Å². The monoisotopic (exact) mass is 162 g/mol. The fourth-order valence-electron chi connectivity index (χ4n) is 1.10. The Morgan fingerprint density at radius 3 is 2.60 bits per heavy atom. The van der Waals surface area contributed by atoms with E-state index in [-0.39, 0.29) is 10.8 Å². The minimum absolute atomic E-state index is 0.171. The maximum absolute atomic E-state index is 10.4. The first-order valence-electron chi connectivity index (χ1n) is 3.12. The molecule has 0 amide bonds. The van der Waals surface area contributed by atoms with Gasteiger partial charge in [0.05, 0.1) is 0 Å². The summed E-state index contributed by atoms with van der Waals surface area (Å²) in [4.78, 5) is 10.2. The van der Waals surface area contributed by atoms with Crippen LogP contribution in [0.4, 0.5) is 0 Å². The third-order valence-corrected chi connectivity index (χ3v) is 2.94. The van der Waals surface area contributed by atoms with Gasteiger partial charge in [-0.25, -0.2) is 0 Å². The molecule has 0 saturated carbocycles. The van der Waals surface area contributed by atoms with Crippen molar-refractivity contribution in [2.24, 2.45) is 5.92 Å². The van der Waals surface area contributed by atoms with Crippen LogP contribution in [0.1, 0.15) is 6.92 Å². The van der Waals surface area contributed by atoms with Gasteiger partial charge in [0, 0.05) is 23.6 Å². The molecule has 1 rings (SSSR count). The van der Waals surface area contributed by atoms with E-state index in [2.05, 4.69) is 0 Å². The fraction of sp³-hybridized carbons (Fsp3) is 1.00. The summed E-state index contributed by atoms with van der Waals surface area (Å²) in [6.45, 7) is 1.91. The van der Waals surface area contributed by atoms with Crippen LogP contribution < -0.4 is 0 Å². The lowest BCUT2D eigenvalue weighted by atomic mass is 10.2. The smallest absolute Gasteiger partial charge is 0.263 e. The van der Waals surface area contributed by atoms with E-state index in [4.69, 9.17) is 0 Å². The van der Waals surface area contributed by atoms with Crippen LogP contribution in [0.15, 0.2) is 0 Å². The number of hydrogen-bond acceptors (Lipinski definition) is 4. The van der Waals surface area contributed by atoms with Crippen LogP contribution >= 0.6 is 11.9 Å². The molecule has 0 aromatic carbocycles. The van der Waals surface area contributed by atoms with Gasteiger partial charge < -0.3 is 0 Å². The minimum Gasteiger partial charge on any atom is -0.263 e. The second-order valence-corrected chi connectivity index (χ2v) is 3.69. The average Bonchev–Trinajstić information content (AvgIpc) is 2.11. The molecule has 0 bridgehead atoms. The third-order valence-electron chi connectivity index (χ3n) is 1.64. The van der Waals surface area contributed by atoms with Crippen molar-refractivity contribution in [2.45, 2.75) is 13.1 Å². The maximum Gasteiger partial charge on any atom is 0.280 e. The van der Waals surface area contributed by atoms with Gasteiger partial charge in [-0.3, -0.25) is 10.1 Å². The van der Waals surface area contributed by atoms with E-state index in [0.29, 0.717) is 0 Å². The molecule has 0 N–H and O–H groups in total. The highest BCUT2D eigenvalue weighted by Crippen LogP contribution is 2.29. The first-order valence-corrected chi connectivity index (χ1v) is 4.06. The number of nitro groups is 1. The van der Waals surface area contributed by atoms with Crippen molar-refractivity contribution < 1.29 is 4.92 Å². The molecule has 0 aliphatic carbocycles. The highest BCUT2D eigenvalue weighted by molar-refractivity contribution is 7.97. The van der Waals surface area contributed by atoms with Gasteiger partial charge in [0.15, 0.2) is 0 Å². The van der Waals surface area contributed by atoms with Gasteiger partial charge in [-0.2, -0.15) is 4.31 Å². The van der Waals surface area contributed by atoms with Gasteiger partial charge in [-0.1, -0.05) is 18.9 Å². The lowest BCUT2D eigenvalue weighted by molar-refractivity contribution is -0.547. The van der Waals surface area contributed by atoms with Crippen LogP contribution in [0.5, 0.6) is 0 Å². The molecule has 58 valence electrons. The maximum atomic E-state index is 10.4. The van der Waals surface area contributed by atoms with E-state index in [0.717, 1.165) is 5.75 Å². The van der Waals surface area contributed by atoms with Crippen molar-refractivity contribution in [3.05, 3.63) is 10.1 Å². The molecule has 5 heteroatoms. The summed E-state index contributed by atoms with van der Waals surface area (Å²) in [6.07, 6.45) is -0.481. The first-order chi connectivity index (χ1) is 4.63. The predicted octanol–water partition coefficient (Wildman–Crippen LogP) is 0.819. The molecule has 2 atom stereocenters. The molecule has 1 saturated heterocycles. The van der Waals surface area contributed by atoms with Crippen LogP contribution in [0.25, 0.3) is 0 Å². The minimum atomic E-state index is -0.481. The molecule has 0 spiro atoms. The molecule has 1 aliphatic heterocycles. The zero-order valence-corrected chi connectivity index (χ0v) is 6.80. The van der Waals surface area contributed by atoms with Crippen LogP contribution in [0.3, 0.4) is 0 Å². The third kappa shape index (κ3) is 1.24. The Morgan fingerprint density at radius 1 is 1.80 bits per heavy atom. The van der Waals surface area contributed by atoms with Crippen LogP contribution in [-0.2, 0) is 0 Å². The van der Waals surface area contributed by atoms with E-state index >= 15 is 0 Å². The Hall–Kier alpha value is -0.290. The van der Waals surface area contributed by atoms with Crippen LogP contribution in [-0.4, -0.2) is 28.2 Å². The summed E-state index contributed by atoms with van der Waals surface area (Å²) in [5.74, 6) is 1.03. The highest BCUT2D eigenvalue weighted by Gasteiger charge is 2.38. The molecule has 4 nitrogen and oxygen atoms in total. The summed E-state index contributed by atoms with van der Waals surface area (Å²) >= 11 is 1.53. The SMILES string of the molecule is CC1CSN(C)C1[N+](=O)[O-]. The summed E-state index contributed by atoms with van der Waals surface area (Å²) in [5, 5.41) is 10.4.